The van der Waals surface area contributed by atoms with Gasteiger partial charge in [0.2, 0.25) is 0 Å². The zero-order valence-corrected chi connectivity index (χ0v) is 17.5. The van der Waals surface area contributed by atoms with Crippen LogP contribution in [0.2, 0.25) is 0 Å². The first kappa shape index (κ1) is 19.7. The third-order valence-electron chi connectivity index (χ3n) is 4.67. The van der Waals surface area contributed by atoms with Gasteiger partial charge in [-0.3, -0.25) is 0 Å². The molecule has 30 heavy (non-hydrogen) atoms. The molecule has 0 aliphatic carbocycles. The van der Waals surface area contributed by atoms with Crippen LogP contribution in [0.25, 0.3) is 16.9 Å². The number of hydrogen-bond acceptors (Lipinski definition) is 6. The van der Waals surface area contributed by atoms with Gasteiger partial charge in [0.1, 0.15) is 30.6 Å². The van der Waals surface area contributed by atoms with Crippen molar-refractivity contribution in [2.24, 2.45) is 0 Å². The maximum atomic E-state index is 5.97. The molecule has 2 aromatic heterocycles. The lowest BCUT2D eigenvalue weighted by Crippen LogP contribution is -2.14. The van der Waals surface area contributed by atoms with E-state index in [4.69, 9.17) is 14.0 Å². The molecule has 0 N–H and O–H groups in total. The second-order valence-corrected chi connectivity index (χ2v) is 7.94. The van der Waals surface area contributed by atoms with E-state index in [-0.39, 0.29) is 5.41 Å². The average molecular weight is 404 g/mol. The van der Waals surface area contributed by atoms with Crippen LogP contribution in [0.4, 0.5) is 0 Å². The topological polar surface area (TPSA) is 75.2 Å². The largest absolute Gasteiger partial charge is 0.493 e. The highest BCUT2D eigenvalue weighted by atomic mass is 16.5. The van der Waals surface area contributed by atoms with Crippen molar-refractivity contribution in [3.05, 3.63) is 72.5 Å². The van der Waals surface area contributed by atoms with Crippen molar-refractivity contribution in [3.8, 4) is 28.4 Å². The first-order valence-electron chi connectivity index (χ1n) is 9.67. The van der Waals surface area contributed by atoms with Crippen LogP contribution in [0, 0.1) is 0 Å². The molecule has 4 aromatic rings. The van der Waals surface area contributed by atoms with E-state index >= 15 is 0 Å². The van der Waals surface area contributed by atoms with Crippen LogP contribution in [0.5, 0.6) is 11.5 Å². The summed E-state index contributed by atoms with van der Waals surface area (Å²) < 4.78 is 19.0. The van der Waals surface area contributed by atoms with E-state index in [2.05, 4.69) is 36.0 Å². The normalized spacial score (nSPS) is 11.5. The van der Waals surface area contributed by atoms with Crippen molar-refractivity contribution >= 4 is 0 Å². The summed E-state index contributed by atoms with van der Waals surface area (Å²) in [5.41, 5.74) is 3.10. The Labute approximate surface area is 175 Å². The van der Waals surface area contributed by atoms with Gasteiger partial charge in [0.15, 0.2) is 17.3 Å². The number of aromatic nitrogens is 4. The Morgan fingerprint density at radius 1 is 1.03 bits per heavy atom. The van der Waals surface area contributed by atoms with Crippen molar-refractivity contribution in [3.63, 3.8) is 0 Å². The molecule has 4 rings (SSSR count). The monoisotopic (exact) mass is 404 g/mol. The molecular weight excluding hydrogens is 380 g/mol. The Kier molecular flexibility index (Phi) is 5.27. The zero-order chi connectivity index (χ0) is 21.1. The van der Waals surface area contributed by atoms with Gasteiger partial charge in [-0.25, -0.2) is 9.67 Å². The SMILES string of the molecule is COc1cc(-c2noc(C(C)(C)C)c2-n2cncn2)ccc1OCc1ccccc1. The van der Waals surface area contributed by atoms with Gasteiger partial charge in [-0.2, -0.15) is 5.10 Å². The van der Waals surface area contributed by atoms with Gasteiger partial charge < -0.3 is 14.0 Å². The van der Waals surface area contributed by atoms with E-state index < -0.39 is 0 Å². The van der Waals surface area contributed by atoms with Gasteiger partial charge in [0.05, 0.1) is 7.11 Å². The van der Waals surface area contributed by atoms with Gasteiger partial charge in [0.25, 0.3) is 0 Å². The molecular formula is C23H24N4O3. The molecule has 0 aliphatic rings. The maximum Gasteiger partial charge on any atom is 0.168 e. The first-order chi connectivity index (χ1) is 14.5. The third-order valence-corrected chi connectivity index (χ3v) is 4.67. The molecule has 0 aliphatic heterocycles. The van der Waals surface area contributed by atoms with Crippen LogP contribution >= 0.6 is 0 Å². The van der Waals surface area contributed by atoms with Crippen molar-refractivity contribution in [1.82, 2.24) is 19.9 Å². The van der Waals surface area contributed by atoms with E-state index in [0.29, 0.717) is 23.8 Å². The average Bonchev–Trinajstić information content (AvgIpc) is 3.42. The summed E-state index contributed by atoms with van der Waals surface area (Å²) in [4.78, 5) is 4.07. The molecule has 2 heterocycles. The highest BCUT2D eigenvalue weighted by Crippen LogP contribution is 2.38. The van der Waals surface area contributed by atoms with Crippen LogP contribution in [0.15, 0.2) is 65.7 Å². The molecule has 0 spiro atoms. The van der Waals surface area contributed by atoms with E-state index in [1.165, 1.54) is 6.33 Å². The molecule has 0 amide bonds. The number of ether oxygens (including phenoxy) is 2. The maximum absolute atomic E-state index is 5.97. The highest BCUT2D eigenvalue weighted by Gasteiger charge is 2.29. The van der Waals surface area contributed by atoms with Crippen molar-refractivity contribution in [1.29, 1.82) is 0 Å². The third kappa shape index (κ3) is 3.91. The Morgan fingerprint density at radius 2 is 1.83 bits per heavy atom. The van der Waals surface area contributed by atoms with Crippen molar-refractivity contribution < 1.29 is 14.0 Å². The second-order valence-electron chi connectivity index (χ2n) is 7.94. The van der Waals surface area contributed by atoms with Gasteiger partial charge in [0, 0.05) is 11.0 Å². The second kappa shape index (κ2) is 8.02. The molecule has 0 fully saturated rings. The summed E-state index contributed by atoms with van der Waals surface area (Å²) in [6.45, 7) is 6.66. The molecule has 0 saturated heterocycles. The predicted octanol–water partition coefficient (Wildman–Crippen LogP) is 4.81. The number of methoxy groups -OCH3 is 1. The van der Waals surface area contributed by atoms with Gasteiger partial charge in [-0.05, 0) is 23.8 Å². The fourth-order valence-electron chi connectivity index (χ4n) is 3.17. The number of rotatable bonds is 6. The molecule has 154 valence electrons. The Morgan fingerprint density at radius 3 is 2.50 bits per heavy atom. The molecule has 7 heteroatoms. The molecule has 7 nitrogen and oxygen atoms in total. The van der Waals surface area contributed by atoms with Crippen molar-refractivity contribution in [2.75, 3.05) is 7.11 Å². The standard InChI is InChI=1S/C23H24N4O3/c1-23(2,3)22-21(27-15-24-14-25-27)20(26-30-22)17-10-11-18(19(12-17)28-4)29-13-16-8-6-5-7-9-16/h5-12,14-15H,13H2,1-4H3. The lowest BCUT2D eigenvalue weighted by atomic mass is 9.91. The summed E-state index contributed by atoms with van der Waals surface area (Å²) in [7, 11) is 1.62. The number of nitrogens with zero attached hydrogens (tertiary/aromatic N) is 4. The van der Waals surface area contributed by atoms with E-state index in [1.54, 1.807) is 18.1 Å². The quantitative estimate of drug-likeness (QED) is 0.459. The van der Waals surface area contributed by atoms with E-state index in [0.717, 1.165) is 22.6 Å². The van der Waals surface area contributed by atoms with Gasteiger partial charge in [-0.1, -0.05) is 56.3 Å². The molecule has 0 bridgehead atoms. The van der Waals surface area contributed by atoms with Crippen LogP contribution in [-0.4, -0.2) is 27.0 Å². The summed E-state index contributed by atoms with van der Waals surface area (Å²) in [6, 6.07) is 15.7. The fourth-order valence-corrected chi connectivity index (χ4v) is 3.17. The van der Waals surface area contributed by atoms with Crippen LogP contribution in [0.1, 0.15) is 32.1 Å². The summed E-state index contributed by atoms with van der Waals surface area (Å²) in [6.07, 6.45) is 3.13. The molecule has 0 unspecified atom stereocenters. The van der Waals surface area contributed by atoms with E-state index in [9.17, 15) is 0 Å². The fraction of sp³-hybridized carbons (Fsp3) is 0.261. The molecule has 0 atom stereocenters. The number of hydrogen-bond donors (Lipinski definition) is 0. The zero-order valence-electron chi connectivity index (χ0n) is 17.5. The minimum atomic E-state index is -0.255. The summed E-state index contributed by atoms with van der Waals surface area (Å²) in [5, 5.41) is 8.64. The summed E-state index contributed by atoms with van der Waals surface area (Å²) in [5.74, 6) is 2.01. The predicted molar refractivity (Wildman–Crippen MR) is 113 cm³/mol. The van der Waals surface area contributed by atoms with Crippen LogP contribution in [-0.2, 0) is 12.0 Å². The van der Waals surface area contributed by atoms with Gasteiger partial charge in [-0.15, -0.1) is 0 Å². The lowest BCUT2D eigenvalue weighted by Gasteiger charge is -2.16. The smallest absolute Gasteiger partial charge is 0.168 e. The Hall–Kier alpha value is -3.61. The number of benzene rings is 2. The molecule has 2 aromatic carbocycles. The minimum Gasteiger partial charge on any atom is -0.493 e. The lowest BCUT2D eigenvalue weighted by molar-refractivity contribution is 0.284. The minimum absolute atomic E-state index is 0.255. The Bertz CT molecular complexity index is 1110. The Balaban J connectivity index is 1.70. The van der Waals surface area contributed by atoms with Crippen molar-refractivity contribution in [2.45, 2.75) is 32.8 Å². The van der Waals surface area contributed by atoms with E-state index in [1.807, 2.05) is 48.5 Å². The highest BCUT2D eigenvalue weighted by molar-refractivity contribution is 5.72. The summed E-state index contributed by atoms with van der Waals surface area (Å²) >= 11 is 0. The first-order valence-corrected chi connectivity index (χ1v) is 9.67. The van der Waals surface area contributed by atoms with Crippen LogP contribution < -0.4 is 9.47 Å². The molecule has 0 saturated carbocycles. The van der Waals surface area contributed by atoms with Gasteiger partial charge >= 0.3 is 0 Å². The van der Waals surface area contributed by atoms with Crippen LogP contribution in [0.3, 0.4) is 0 Å². The molecule has 0 radical (unpaired) electrons.